The second-order valence-electron chi connectivity index (χ2n) is 6.97. The van der Waals surface area contributed by atoms with Gasteiger partial charge in [-0.3, -0.25) is 0 Å². The summed E-state index contributed by atoms with van der Waals surface area (Å²) in [6.07, 6.45) is 4.99. The Bertz CT molecular complexity index is 981. The molecule has 0 radical (unpaired) electrons. The number of H-pyrrole nitrogens is 2. The van der Waals surface area contributed by atoms with Gasteiger partial charge in [-0.05, 0) is 18.1 Å². The molecule has 1 atom stereocenters. The van der Waals surface area contributed by atoms with E-state index in [9.17, 15) is 0 Å². The molecule has 0 aliphatic heterocycles. The number of nitrogens with one attached hydrogen (secondary N) is 3. The number of rotatable bonds is 6. The molecule has 3 N–H and O–H groups in total. The zero-order chi connectivity index (χ0) is 17.9. The molecule has 0 unspecified atom stereocenters. The number of fused-ring (bicyclic) bond motifs is 1. The monoisotopic (exact) mass is 344 g/mol. The van der Waals surface area contributed by atoms with Gasteiger partial charge in [0.15, 0.2) is 0 Å². The third kappa shape index (κ3) is 3.41. The Morgan fingerprint density at radius 1 is 0.923 bits per heavy atom. The second-order valence-corrected chi connectivity index (χ2v) is 6.97. The maximum Gasteiger partial charge on any atom is 0.124 e. The number of para-hydroxylation sites is 1. The first-order valence-electron chi connectivity index (χ1n) is 9.12. The van der Waals surface area contributed by atoms with Crippen molar-refractivity contribution in [3.63, 3.8) is 0 Å². The molecule has 0 saturated carbocycles. The van der Waals surface area contributed by atoms with E-state index in [0.29, 0.717) is 6.04 Å². The molecule has 2 aromatic heterocycles. The highest BCUT2D eigenvalue weighted by Crippen LogP contribution is 2.25. The lowest BCUT2D eigenvalue weighted by Crippen LogP contribution is -2.30. The summed E-state index contributed by atoms with van der Waals surface area (Å²) in [4.78, 5) is 11.6. The van der Waals surface area contributed by atoms with Gasteiger partial charge in [-0.25, -0.2) is 4.98 Å². The molecule has 0 aliphatic carbocycles. The van der Waals surface area contributed by atoms with Gasteiger partial charge in [0, 0.05) is 34.9 Å². The SMILES string of the molecule is CC(C)N[C@H](Cc1c[nH]c2ccccc12)c1nc(-c2ccccc2)c[nH]1. The molecule has 0 aliphatic rings. The van der Waals surface area contributed by atoms with E-state index in [0.717, 1.165) is 23.5 Å². The van der Waals surface area contributed by atoms with E-state index in [1.807, 2.05) is 24.4 Å². The van der Waals surface area contributed by atoms with Gasteiger partial charge >= 0.3 is 0 Å². The number of hydrogen-bond donors (Lipinski definition) is 3. The number of benzene rings is 2. The maximum absolute atomic E-state index is 4.87. The van der Waals surface area contributed by atoms with Gasteiger partial charge in [0.2, 0.25) is 0 Å². The highest BCUT2D eigenvalue weighted by atomic mass is 15.0. The first-order valence-corrected chi connectivity index (χ1v) is 9.12. The van der Waals surface area contributed by atoms with Crippen LogP contribution in [0.3, 0.4) is 0 Å². The molecule has 4 aromatic rings. The largest absolute Gasteiger partial charge is 0.361 e. The summed E-state index contributed by atoms with van der Waals surface area (Å²) < 4.78 is 0. The molecular weight excluding hydrogens is 320 g/mol. The summed E-state index contributed by atoms with van der Waals surface area (Å²) in [6, 6.07) is 19.2. The smallest absolute Gasteiger partial charge is 0.124 e. The van der Waals surface area contributed by atoms with Crippen LogP contribution in [0.1, 0.15) is 31.3 Å². The Balaban J connectivity index is 1.64. The standard InChI is InChI=1S/C22H24N4/c1-15(2)25-20(12-17-13-23-19-11-7-6-10-18(17)19)22-24-14-21(26-22)16-8-4-3-5-9-16/h3-11,13-15,20,23,25H,12H2,1-2H3,(H,24,26)/t20-/m1/s1. The average molecular weight is 344 g/mol. The molecule has 2 aromatic carbocycles. The van der Waals surface area contributed by atoms with E-state index >= 15 is 0 Å². The van der Waals surface area contributed by atoms with Crippen molar-refractivity contribution < 1.29 is 0 Å². The summed E-state index contributed by atoms with van der Waals surface area (Å²) in [7, 11) is 0. The van der Waals surface area contributed by atoms with E-state index < -0.39 is 0 Å². The van der Waals surface area contributed by atoms with Gasteiger partial charge in [-0.1, -0.05) is 62.4 Å². The van der Waals surface area contributed by atoms with Crippen LogP contribution in [0.2, 0.25) is 0 Å². The van der Waals surface area contributed by atoms with Gasteiger partial charge < -0.3 is 15.3 Å². The van der Waals surface area contributed by atoms with Crippen molar-refractivity contribution >= 4 is 10.9 Å². The van der Waals surface area contributed by atoms with Crippen molar-refractivity contribution in [3.05, 3.63) is 78.4 Å². The summed E-state index contributed by atoms with van der Waals surface area (Å²) >= 11 is 0. The minimum absolute atomic E-state index is 0.131. The zero-order valence-electron chi connectivity index (χ0n) is 15.2. The van der Waals surface area contributed by atoms with Crippen LogP contribution in [0, 0.1) is 0 Å². The van der Waals surface area contributed by atoms with Crippen LogP contribution in [0.25, 0.3) is 22.2 Å². The Kier molecular flexibility index (Phi) is 4.59. The maximum atomic E-state index is 4.87. The molecule has 4 heteroatoms. The zero-order valence-corrected chi connectivity index (χ0v) is 15.2. The Morgan fingerprint density at radius 2 is 1.69 bits per heavy atom. The lowest BCUT2D eigenvalue weighted by Gasteiger charge is -2.19. The fraction of sp³-hybridized carbons (Fsp3) is 0.227. The van der Waals surface area contributed by atoms with Crippen LogP contribution in [-0.2, 0) is 6.42 Å². The average Bonchev–Trinajstić information content (AvgIpc) is 3.29. The lowest BCUT2D eigenvalue weighted by molar-refractivity contribution is 0.460. The number of aromatic nitrogens is 3. The third-order valence-electron chi connectivity index (χ3n) is 4.63. The highest BCUT2D eigenvalue weighted by molar-refractivity contribution is 5.83. The summed E-state index contributed by atoms with van der Waals surface area (Å²) in [6.45, 7) is 4.34. The van der Waals surface area contributed by atoms with Gasteiger partial charge in [0.1, 0.15) is 5.82 Å². The number of aromatic amines is 2. The third-order valence-corrected chi connectivity index (χ3v) is 4.63. The molecule has 2 heterocycles. The fourth-order valence-electron chi connectivity index (χ4n) is 3.43. The first kappa shape index (κ1) is 16.6. The predicted octanol–water partition coefficient (Wildman–Crippen LogP) is 4.84. The molecule has 26 heavy (non-hydrogen) atoms. The van der Waals surface area contributed by atoms with Crippen molar-refractivity contribution in [3.8, 4) is 11.3 Å². The summed E-state index contributed by atoms with van der Waals surface area (Å²) in [5.41, 5.74) is 4.59. The van der Waals surface area contributed by atoms with Gasteiger partial charge in [0.25, 0.3) is 0 Å². The van der Waals surface area contributed by atoms with E-state index in [-0.39, 0.29) is 6.04 Å². The van der Waals surface area contributed by atoms with Crippen LogP contribution >= 0.6 is 0 Å². The van der Waals surface area contributed by atoms with Crippen molar-refractivity contribution in [1.29, 1.82) is 0 Å². The normalized spacial score (nSPS) is 12.7. The van der Waals surface area contributed by atoms with E-state index in [1.54, 1.807) is 0 Å². The predicted molar refractivity (Wildman–Crippen MR) is 107 cm³/mol. The molecular formula is C22H24N4. The molecule has 0 spiro atoms. The molecule has 4 rings (SSSR count). The van der Waals surface area contributed by atoms with Gasteiger partial charge in [-0.2, -0.15) is 0 Å². The molecule has 0 bridgehead atoms. The number of nitrogens with zero attached hydrogens (tertiary/aromatic N) is 1. The highest BCUT2D eigenvalue weighted by Gasteiger charge is 2.19. The minimum atomic E-state index is 0.131. The molecule has 0 amide bonds. The second kappa shape index (κ2) is 7.18. The summed E-state index contributed by atoms with van der Waals surface area (Å²) in [5.74, 6) is 0.975. The van der Waals surface area contributed by atoms with E-state index in [4.69, 9.17) is 4.98 Å². The van der Waals surface area contributed by atoms with E-state index in [2.05, 4.69) is 71.7 Å². The lowest BCUT2D eigenvalue weighted by atomic mass is 10.0. The molecule has 4 nitrogen and oxygen atoms in total. The quantitative estimate of drug-likeness (QED) is 0.469. The van der Waals surface area contributed by atoms with Crippen molar-refractivity contribution in [1.82, 2.24) is 20.3 Å². The van der Waals surface area contributed by atoms with Crippen molar-refractivity contribution in [2.45, 2.75) is 32.4 Å². The number of hydrogen-bond acceptors (Lipinski definition) is 2. The van der Waals surface area contributed by atoms with Gasteiger partial charge in [0.05, 0.1) is 11.7 Å². The van der Waals surface area contributed by atoms with Crippen LogP contribution < -0.4 is 5.32 Å². The Morgan fingerprint density at radius 3 is 2.50 bits per heavy atom. The van der Waals surface area contributed by atoms with E-state index in [1.165, 1.54) is 16.5 Å². The molecule has 0 saturated heterocycles. The van der Waals surface area contributed by atoms with Gasteiger partial charge in [-0.15, -0.1) is 0 Å². The Hall–Kier alpha value is -2.85. The molecule has 132 valence electrons. The van der Waals surface area contributed by atoms with Crippen LogP contribution in [0.4, 0.5) is 0 Å². The van der Waals surface area contributed by atoms with Crippen LogP contribution in [0.5, 0.6) is 0 Å². The minimum Gasteiger partial charge on any atom is -0.361 e. The Labute approximate surface area is 153 Å². The van der Waals surface area contributed by atoms with Crippen LogP contribution in [0.15, 0.2) is 67.0 Å². The topological polar surface area (TPSA) is 56.5 Å². The number of imidazole rings is 1. The van der Waals surface area contributed by atoms with Crippen LogP contribution in [-0.4, -0.2) is 21.0 Å². The van der Waals surface area contributed by atoms with Crippen molar-refractivity contribution in [2.24, 2.45) is 0 Å². The molecule has 0 fully saturated rings. The van der Waals surface area contributed by atoms with Crippen molar-refractivity contribution in [2.75, 3.05) is 0 Å². The summed E-state index contributed by atoms with van der Waals surface area (Å²) in [5, 5.41) is 4.93. The first-order chi connectivity index (χ1) is 12.7. The fourth-order valence-corrected chi connectivity index (χ4v) is 3.43.